The fraction of sp³-hybridized carbons (Fsp3) is 0.316. The van der Waals surface area contributed by atoms with E-state index in [9.17, 15) is 22.0 Å². The van der Waals surface area contributed by atoms with Gasteiger partial charge in [-0.15, -0.1) is 0 Å². The molecule has 27 heavy (non-hydrogen) atoms. The van der Waals surface area contributed by atoms with Gasteiger partial charge in [0.1, 0.15) is 0 Å². The van der Waals surface area contributed by atoms with Gasteiger partial charge in [0.2, 0.25) is 0 Å². The average Bonchev–Trinajstić information content (AvgIpc) is 2.65. The van der Waals surface area contributed by atoms with Crippen LogP contribution in [0.15, 0.2) is 47.4 Å². The van der Waals surface area contributed by atoms with Crippen molar-refractivity contribution in [1.82, 2.24) is 4.90 Å². The zero-order valence-corrected chi connectivity index (χ0v) is 15.6. The van der Waals surface area contributed by atoms with Gasteiger partial charge in [-0.05, 0) is 55.2 Å². The molecule has 8 heteroatoms. The molecular formula is C19H20F2N2O3S. The Morgan fingerprint density at radius 3 is 2.26 bits per heavy atom. The number of hydrogen-bond donors (Lipinski definition) is 1. The van der Waals surface area contributed by atoms with Gasteiger partial charge in [-0.1, -0.05) is 6.92 Å². The van der Waals surface area contributed by atoms with Gasteiger partial charge in [0.05, 0.1) is 10.6 Å². The first kappa shape index (κ1) is 19.3. The summed E-state index contributed by atoms with van der Waals surface area (Å²) in [7, 11) is -3.98. The van der Waals surface area contributed by atoms with Crippen LogP contribution in [0.3, 0.4) is 0 Å². The minimum absolute atomic E-state index is 0.0731. The lowest BCUT2D eigenvalue weighted by atomic mass is 9.98. The highest BCUT2D eigenvalue weighted by Gasteiger charge is 2.22. The number of amides is 1. The third kappa shape index (κ3) is 4.44. The number of benzene rings is 2. The van der Waals surface area contributed by atoms with Gasteiger partial charge in [0.25, 0.3) is 15.9 Å². The van der Waals surface area contributed by atoms with E-state index in [1.165, 1.54) is 24.3 Å². The van der Waals surface area contributed by atoms with Crippen LogP contribution in [0, 0.1) is 17.6 Å². The van der Waals surface area contributed by atoms with Crippen molar-refractivity contribution < 1.29 is 22.0 Å². The van der Waals surface area contributed by atoms with E-state index < -0.39 is 21.7 Å². The molecule has 0 radical (unpaired) electrons. The smallest absolute Gasteiger partial charge is 0.261 e. The Hall–Kier alpha value is -2.48. The summed E-state index contributed by atoms with van der Waals surface area (Å²) in [6, 6.07) is 8.30. The van der Waals surface area contributed by atoms with E-state index in [1.54, 1.807) is 4.90 Å². The number of carbonyl (C=O) groups is 1. The number of nitrogens with zero attached hydrogens (tertiary/aromatic N) is 1. The van der Waals surface area contributed by atoms with Crippen molar-refractivity contribution in [3.8, 4) is 0 Å². The van der Waals surface area contributed by atoms with Gasteiger partial charge < -0.3 is 4.90 Å². The van der Waals surface area contributed by atoms with Crippen molar-refractivity contribution in [2.45, 2.75) is 24.7 Å². The molecule has 0 atom stereocenters. The Labute approximate surface area is 157 Å². The second kappa shape index (κ2) is 7.64. The predicted molar refractivity (Wildman–Crippen MR) is 97.9 cm³/mol. The maximum absolute atomic E-state index is 13.2. The van der Waals surface area contributed by atoms with E-state index in [0.717, 1.165) is 31.0 Å². The number of carbonyl (C=O) groups excluding carboxylic acids is 1. The maximum Gasteiger partial charge on any atom is 0.261 e. The van der Waals surface area contributed by atoms with Crippen molar-refractivity contribution in [2.75, 3.05) is 17.8 Å². The molecule has 1 heterocycles. The quantitative estimate of drug-likeness (QED) is 0.861. The van der Waals surface area contributed by atoms with Gasteiger partial charge in [-0.25, -0.2) is 17.2 Å². The molecule has 0 bridgehead atoms. The summed E-state index contributed by atoms with van der Waals surface area (Å²) in [5.74, 6) is -1.73. The zero-order valence-electron chi connectivity index (χ0n) is 14.8. The van der Waals surface area contributed by atoms with Crippen LogP contribution in [0.2, 0.25) is 0 Å². The second-order valence-electron chi connectivity index (χ2n) is 6.73. The van der Waals surface area contributed by atoms with Crippen LogP contribution in [0.25, 0.3) is 0 Å². The number of sulfonamides is 1. The van der Waals surface area contributed by atoms with E-state index in [2.05, 4.69) is 11.6 Å². The number of likely N-dealkylation sites (tertiary alicyclic amines) is 1. The Balaban J connectivity index is 1.73. The topological polar surface area (TPSA) is 66.5 Å². The van der Waals surface area contributed by atoms with Gasteiger partial charge >= 0.3 is 0 Å². The van der Waals surface area contributed by atoms with Crippen LogP contribution in [0.1, 0.15) is 30.1 Å². The summed E-state index contributed by atoms with van der Waals surface area (Å²) in [4.78, 5) is 14.2. The number of piperidine rings is 1. The molecule has 0 aromatic heterocycles. The van der Waals surface area contributed by atoms with Crippen molar-refractivity contribution in [1.29, 1.82) is 0 Å². The van der Waals surface area contributed by atoms with Crippen molar-refractivity contribution in [2.24, 2.45) is 5.92 Å². The highest BCUT2D eigenvalue weighted by atomic mass is 32.2. The SMILES string of the molecule is CC1CCN(C(=O)c2ccc(S(=O)(=O)Nc3ccc(F)c(F)c3)cc2)CC1. The molecule has 3 rings (SSSR count). The van der Waals surface area contributed by atoms with E-state index in [1.807, 2.05) is 0 Å². The second-order valence-corrected chi connectivity index (χ2v) is 8.42. The fourth-order valence-electron chi connectivity index (χ4n) is 2.94. The van der Waals surface area contributed by atoms with Gasteiger partial charge in [-0.3, -0.25) is 9.52 Å². The molecular weight excluding hydrogens is 374 g/mol. The Kier molecular flexibility index (Phi) is 5.46. The van der Waals surface area contributed by atoms with Crippen molar-refractivity contribution >= 4 is 21.6 Å². The summed E-state index contributed by atoms with van der Waals surface area (Å²) in [5.41, 5.74) is 0.327. The van der Waals surface area contributed by atoms with Crippen LogP contribution in [0.4, 0.5) is 14.5 Å². The van der Waals surface area contributed by atoms with E-state index in [-0.39, 0.29) is 16.5 Å². The minimum Gasteiger partial charge on any atom is -0.339 e. The summed E-state index contributed by atoms with van der Waals surface area (Å²) in [5, 5.41) is 0. The van der Waals surface area contributed by atoms with Crippen molar-refractivity contribution in [3.05, 3.63) is 59.7 Å². The summed E-state index contributed by atoms with van der Waals surface area (Å²) < 4.78 is 53.2. The third-order valence-corrected chi connectivity index (χ3v) is 6.05. The standard InChI is InChI=1S/C19H20F2N2O3S/c1-13-8-10-23(11-9-13)19(24)14-2-5-16(6-3-14)27(25,26)22-15-4-7-17(20)18(21)12-15/h2-7,12-13,22H,8-11H2,1H3. The highest BCUT2D eigenvalue weighted by molar-refractivity contribution is 7.92. The molecule has 2 aromatic carbocycles. The molecule has 2 aromatic rings. The first-order chi connectivity index (χ1) is 12.8. The molecule has 5 nitrogen and oxygen atoms in total. The minimum atomic E-state index is -3.98. The molecule has 0 spiro atoms. The Morgan fingerprint density at radius 2 is 1.67 bits per heavy atom. The molecule has 1 saturated heterocycles. The maximum atomic E-state index is 13.2. The first-order valence-electron chi connectivity index (χ1n) is 8.63. The summed E-state index contributed by atoms with van der Waals surface area (Å²) in [6.07, 6.45) is 1.91. The molecule has 0 unspecified atom stereocenters. The van der Waals surface area contributed by atoms with Crippen LogP contribution < -0.4 is 4.72 Å². The van der Waals surface area contributed by atoms with Crippen LogP contribution in [-0.2, 0) is 10.0 Å². The number of rotatable bonds is 4. The van der Waals surface area contributed by atoms with E-state index >= 15 is 0 Å². The van der Waals surface area contributed by atoms with Crippen LogP contribution >= 0.6 is 0 Å². The molecule has 1 N–H and O–H groups in total. The van der Waals surface area contributed by atoms with Gasteiger partial charge in [0.15, 0.2) is 11.6 Å². The van der Waals surface area contributed by atoms with Crippen LogP contribution in [-0.4, -0.2) is 32.3 Å². The molecule has 1 aliphatic heterocycles. The molecule has 1 fully saturated rings. The normalized spacial score (nSPS) is 15.6. The summed E-state index contributed by atoms with van der Waals surface area (Å²) >= 11 is 0. The zero-order chi connectivity index (χ0) is 19.6. The van der Waals surface area contributed by atoms with Gasteiger partial charge in [0, 0.05) is 24.7 Å². The average molecular weight is 394 g/mol. The van der Waals surface area contributed by atoms with Crippen LogP contribution in [0.5, 0.6) is 0 Å². The van der Waals surface area contributed by atoms with Gasteiger partial charge in [-0.2, -0.15) is 0 Å². The fourth-order valence-corrected chi connectivity index (χ4v) is 3.99. The van der Waals surface area contributed by atoms with E-state index in [0.29, 0.717) is 24.6 Å². The number of halogens is 2. The number of hydrogen-bond acceptors (Lipinski definition) is 3. The Morgan fingerprint density at radius 1 is 1.04 bits per heavy atom. The molecule has 1 aliphatic rings. The number of nitrogens with one attached hydrogen (secondary N) is 1. The molecule has 0 aliphatic carbocycles. The highest BCUT2D eigenvalue weighted by Crippen LogP contribution is 2.21. The monoisotopic (exact) mass is 394 g/mol. The lowest BCUT2D eigenvalue weighted by molar-refractivity contribution is 0.0697. The Bertz CT molecular complexity index is 938. The van der Waals surface area contributed by atoms with Crippen molar-refractivity contribution in [3.63, 3.8) is 0 Å². The third-order valence-electron chi connectivity index (χ3n) is 4.65. The number of anilines is 1. The predicted octanol–water partition coefficient (Wildman–Crippen LogP) is 3.64. The molecule has 144 valence electrons. The lowest BCUT2D eigenvalue weighted by Crippen LogP contribution is -2.37. The largest absolute Gasteiger partial charge is 0.339 e. The molecule has 0 saturated carbocycles. The summed E-state index contributed by atoms with van der Waals surface area (Å²) in [6.45, 7) is 3.54. The lowest BCUT2D eigenvalue weighted by Gasteiger charge is -2.30. The first-order valence-corrected chi connectivity index (χ1v) is 10.1. The molecule has 1 amide bonds. The van der Waals surface area contributed by atoms with E-state index in [4.69, 9.17) is 0 Å².